The summed E-state index contributed by atoms with van der Waals surface area (Å²) in [6.07, 6.45) is -3.11. The van der Waals surface area contributed by atoms with E-state index in [9.17, 15) is 13.2 Å². The number of benzene rings is 1. The van der Waals surface area contributed by atoms with Crippen molar-refractivity contribution >= 4 is 11.8 Å². The van der Waals surface area contributed by atoms with E-state index in [1.807, 2.05) is 31.2 Å². The molecule has 0 aliphatic heterocycles. The Balaban J connectivity index is 1.79. The van der Waals surface area contributed by atoms with Gasteiger partial charge in [0.2, 0.25) is 0 Å². The predicted octanol–water partition coefficient (Wildman–Crippen LogP) is 3.19. The van der Waals surface area contributed by atoms with Crippen LogP contribution >= 0.6 is 0 Å². The lowest BCUT2D eigenvalue weighted by Crippen LogP contribution is -2.39. The molecule has 0 aliphatic carbocycles. The molecule has 1 aromatic carbocycles. The standard InChI is InChI=1S/C18H22F3N5/c1-13-5-7-14(8-6-13)12-26-17(22-2)25-11-10-24-16-15(18(19,20)21)4-3-9-23-16/h3-9H,10-12H2,1-2H3,(H,23,24)(H2,22,25,26). The van der Waals surface area contributed by atoms with Gasteiger partial charge in [-0.25, -0.2) is 4.98 Å². The van der Waals surface area contributed by atoms with Gasteiger partial charge in [0.1, 0.15) is 5.82 Å². The zero-order chi connectivity index (χ0) is 19.0. The molecule has 2 aromatic rings. The zero-order valence-electron chi connectivity index (χ0n) is 14.7. The fourth-order valence-corrected chi connectivity index (χ4v) is 2.25. The van der Waals surface area contributed by atoms with E-state index in [1.54, 1.807) is 7.05 Å². The van der Waals surface area contributed by atoms with Crippen molar-refractivity contribution < 1.29 is 13.2 Å². The number of aromatic nitrogens is 1. The maximum absolute atomic E-state index is 12.9. The Morgan fingerprint density at radius 1 is 1.08 bits per heavy atom. The van der Waals surface area contributed by atoms with Crippen molar-refractivity contribution in [1.82, 2.24) is 15.6 Å². The van der Waals surface area contributed by atoms with E-state index in [0.717, 1.165) is 11.6 Å². The smallest absolute Gasteiger partial charge is 0.368 e. The van der Waals surface area contributed by atoms with Gasteiger partial charge >= 0.3 is 6.18 Å². The number of pyridine rings is 1. The van der Waals surface area contributed by atoms with Crippen LogP contribution in [0.3, 0.4) is 0 Å². The minimum Gasteiger partial charge on any atom is -0.368 e. The number of halogens is 3. The highest BCUT2D eigenvalue weighted by Crippen LogP contribution is 2.33. The number of aliphatic imine (C=N–C) groups is 1. The van der Waals surface area contributed by atoms with Crippen molar-refractivity contribution in [3.05, 3.63) is 59.3 Å². The summed E-state index contributed by atoms with van der Waals surface area (Å²) in [5, 5.41) is 8.90. The summed E-state index contributed by atoms with van der Waals surface area (Å²) < 4.78 is 38.7. The van der Waals surface area contributed by atoms with Crippen LogP contribution in [0.15, 0.2) is 47.6 Å². The second kappa shape index (κ2) is 9.07. The topological polar surface area (TPSA) is 61.3 Å². The van der Waals surface area contributed by atoms with E-state index >= 15 is 0 Å². The highest BCUT2D eigenvalue weighted by atomic mass is 19.4. The number of nitrogens with zero attached hydrogens (tertiary/aromatic N) is 2. The molecule has 3 N–H and O–H groups in total. The van der Waals surface area contributed by atoms with E-state index in [1.165, 1.54) is 17.8 Å². The van der Waals surface area contributed by atoms with Crippen LogP contribution in [0.5, 0.6) is 0 Å². The molecular formula is C18H22F3N5. The first-order valence-electron chi connectivity index (χ1n) is 8.16. The van der Waals surface area contributed by atoms with Crippen molar-refractivity contribution in [2.75, 3.05) is 25.5 Å². The maximum atomic E-state index is 12.9. The molecule has 0 spiro atoms. The van der Waals surface area contributed by atoms with Crippen molar-refractivity contribution in [2.45, 2.75) is 19.6 Å². The molecule has 2 rings (SSSR count). The second-order valence-electron chi connectivity index (χ2n) is 5.66. The molecule has 0 aliphatic rings. The molecule has 0 saturated heterocycles. The van der Waals surface area contributed by atoms with Gasteiger partial charge in [0, 0.05) is 32.9 Å². The Bertz CT molecular complexity index is 726. The van der Waals surface area contributed by atoms with E-state index in [0.29, 0.717) is 19.0 Å². The monoisotopic (exact) mass is 365 g/mol. The quantitative estimate of drug-likeness (QED) is 0.418. The SMILES string of the molecule is CN=C(NCCNc1ncccc1C(F)(F)F)NCc1ccc(C)cc1. The van der Waals surface area contributed by atoms with E-state index in [2.05, 4.69) is 25.9 Å². The van der Waals surface area contributed by atoms with E-state index < -0.39 is 11.7 Å². The lowest BCUT2D eigenvalue weighted by atomic mass is 10.1. The Morgan fingerprint density at radius 2 is 1.81 bits per heavy atom. The van der Waals surface area contributed by atoms with Crippen LogP contribution in [-0.4, -0.2) is 31.1 Å². The third-order valence-electron chi connectivity index (χ3n) is 3.63. The fourth-order valence-electron chi connectivity index (χ4n) is 2.25. The number of aryl methyl sites for hydroxylation is 1. The lowest BCUT2D eigenvalue weighted by molar-refractivity contribution is -0.137. The molecule has 8 heteroatoms. The molecule has 1 heterocycles. The Hall–Kier alpha value is -2.77. The van der Waals surface area contributed by atoms with Crippen LogP contribution in [-0.2, 0) is 12.7 Å². The summed E-state index contributed by atoms with van der Waals surface area (Å²) >= 11 is 0. The Morgan fingerprint density at radius 3 is 2.46 bits per heavy atom. The van der Waals surface area contributed by atoms with Gasteiger partial charge < -0.3 is 16.0 Å². The molecule has 0 saturated carbocycles. The molecule has 0 radical (unpaired) electrons. The number of guanidine groups is 1. The summed E-state index contributed by atoms with van der Waals surface area (Å²) in [7, 11) is 1.64. The van der Waals surface area contributed by atoms with Gasteiger partial charge in [-0.15, -0.1) is 0 Å². The minimum atomic E-state index is -4.43. The van der Waals surface area contributed by atoms with Crippen LogP contribution in [0.2, 0.25) is 0 Å². The van der Waals surface area contributed by atoms with Gasteiger partial charge in [-0.3, -0.25) is 4.99 Å². The molecule has 0 amide bonds. The molecule has 0 atom stereocenters. The molecule has 0 fully saturated rings. The van der Waals surface area contributed by atoms with Crippen LogP contribution in [0.25, 0.3) is 0 Å². The van der Waals surface area contributed by atoms with Crippen molar-refractivity contribution in [2.24, 2.45) is 4.99 Å². The average molecular weight is 365 g/mol. The number of alkyl halides is 3. The molecule has 140 valence electrons. The highest BCUT2D eigenvalue weighted by molar-refractivity contribution is 5.79. The number of rotatable bonds is 6. The van der Waals surface area contributed by atoms with Crippen LogP contribution in [0, 0.1) is 6.92 Å². The number of hydrogen-bond acceptors (Lipinski definition) is 3. The van der Waals surface area contributed by atoms with Gasteiger partial charge in [-0.1, -0.05) is 29.8 Å². The first kappa shape index (κ1) is 19.6. The average Bonchev–Trinajstić information content (AvgIpc) is 2.62. The van der Waals surface area contributed by atoms with Gasteiger partial charge in [-0.2, -0.15) is 13.2 Å². The summed E-state index contributed by atoms with van der Waals surface area (Å²) in [5.41, 5.74) is 1.52. The molecular weight excluding hydrogens is 343 g/mol. The summed E-state index contributed by atoms with van der Waals surface area (Å²) in [5.74, 6) is 0.397. The molecule has 5 nitrogen and oxygen atoms in total. The van der Waals surface area contributed by atoms with Gasteiger partial charge in [0.25, 0.3) is 0 Å². The van der Waals surface area contributed by atoms with Crippen LogP contribution in [0.4, 0.5) is 19.0 Å². The van der Waals surface area contributed by atoms with Gasteiger partial charge in [-0.05, 0) is 24.6 Å². The van der Waals surface area contributed by atoms with Crippen LogP contribution < -0.4 is 16.0 Å². The molecule has 0 bridgehead atoms. The van der Waals surface area contributed by atoms with Gasteiger partial charge in [0.05, 0.1) is 5.56 Å². The van der Waals surface area contributed by atoms with Gasteiger partial charge in [0.15, 0.2) is 5.96 Å². The maximum Gasteiger partial charge on any atom is 0.419 e. The van der Waals surface area contributed by atoms with Crippen molar-refractivity contribution in [1.29, 1.82) is 0 Å². The largest absolute Gasteiger partial charge is 0.419 e. The number of nitrogens with one attached hydrogen (secondary N) is 3. The van der Waals surface area contributed by atoms with Crippen molar-refractivity contribution in [3.8, 4) is 0 Å². The molecule has 1 aromatic heterocycles. The lowest BCUT2D eigenvalue weighted by Gasteiger charge is -2.15. The van der Waals surface area contributed by atoms with Crippen LogP contribution in [0.1, 0.15) is 16.7 Å². The fraction of sp³-hybridized carbons (Fsp3) is 0.333. The van der Waals surface area contributed by atoms with Crippen molar-refractivity contribution in [3.63, 3.8) is 0 Å². The summed E-state index contributed by atoms with van der Waals surface area (Å²) in [6, 6.07) is 10.4. The Kier molecular flexibility index (Phi) is 6.82. The normalized spacial score (nSPS) is 12.0. The Labute approximate surface area is 150 Å². The third-order valence-corrected chi connectivity index (χ3v) is 3.63. The second-order valence-corrected chi connectivity index (χ2v) is 5.66. The zero-order valence-corrected chi connectivity index (χ0v) is 14.7. The highest BCUT2D eigenvalue weighted by Gasteiger charge is 2.33. The summed E-state index contributed by atoms with van der Waals surface area (Å²) in [6.45, 7) is 3.29. The first-order chi connectivity index (χ1) is 12.4. The summed E-state index contributed by atoms with van der Waals surface area (Å²) in [4.78, 5) is 7.85. The number of anilines is 1. The predicted molar refractivity (Wildman–Crippen MR) is 97.1 cm³/mol. The first-order valence-corrected chi connectivity index (χ1v) is 8.16. The third kappa shape index (κ3) is 5.94. The molecule has 26 heavy (non-hydrogen) atoms. The minimum absolute atomic E-state index is 0.176. The van der Waals surface area contributed by atoms with E-state index in [-0.39, 0.29) is 12.4 Å². The number of hydrogen-bond donors (Lipinski definition) is 3. The molecule has 0 unspecified atom stereocenters. The van der Waals surface area contributed by atoms with E-state index in [4.69, 9.17) is 0 Å².